The molecule has 2 nitrogen and oxygen atoms in total. The zero-order chi connectivity index (χ0) is 8.39. The van der Waals surface area contributed by atoms with Crippen molar-refractivity contribution in [1.82, 2.24) is 4.98 Å². The normalized spacial score (nSPS) is 9.31. The maximum absolute atomic E-state index is 5.07. The van der Waals surface area contributed by atoms with E-state index < -0.39 is 0 Å². The second-order valence-corrected chi connectivity index (χ2v) is 2.47. The molecule has 0 aliphatic heterocycles. The van der Waals surface area contributed by atoms with Crippen LogP contribution in [0.25, 0.3) is 10.9 Å². The first-order valence-electron chi connectivity index (χ1n) is 3.70. The molecule has 0 spiro atoms. The molecule has 0 bridgehead atoms. The van der Waals surface area contributed by atoms with Crippen LogP contribution in [0.3, 0.4) is 0 Å². The van der Waals surface area contributed by atoms with Crippen molar-refractivity contribution >= 4 is 10.9 Å². The van der Waals surface area contributed by atoms with Crippen LogP contribution in [0.5, 0.6) is 5.75 Å². The van der Waals surface area contributed by atoms with E-state index in [1.807, 2.05) is 18.2 Å². The van der Waals surface area contributed by atoms with Gasteiger partial charge in [0.25, 0.3) is 0 Å². The van der Waals surface area contributed by atoms with Gasteiger partial charge in [-0.1, -0.05) is 12.3 Å². The largest absolute Gasteiger partial charge is 0.498 e. The topological polar surface area (TPSA) is 22.1 Å². The predicted octanol–water partition coefficient (Wildman–Crippen LogP) is 2.04. The molecular weight excluding hydrogens is 334 g/mol. The van der Waals surface area contributed by atoms with E-state index in [1.165, 1.54) is 0 Å². The van der Waals surface area contributed by atoms with E-state index in [4.69, 9.17) is 4.74 Å². The number of fused-ring (bicyclic) bond motifs is 1. The first-order valence-corrected chi connectivity index (χ1v) is 3.70. The SMILES string of the molecule is COc1ccc2[c-]ccnc2c1.[W]. The van der Waals surface area contributed by atoms with Crippen molar-refractivity contribution in [3.63, 3.8) is 0 Å². The zero-order valence-electron chi connectivity index (χ0n) is 7.15. The Kier molecular flexibility index (Phi) is 3.44. The van der Waals surface area contributed by atoms with Gasteiger partial charge in [0.2, 0.25) is 0 Å². The van der Waals surface area contributed by atoms with Crippen molar-refractivity contribution in [2.45, 2.75) is 0 Å². The van der Waals surface area contributed by atoms with Crippen LogP contribution in [-0.4, -0.2) is 12.1 Å². The van der Waals surface area contributed by atoms with Crippen molar-refractivity contribution in [3.8, 4) is 5.75 Å². The summed E-state index contributed by atoms with van der Waals surface area (Å²) in [5, 5.41) is 1.01. The number of nitrogens with zero attached hydrogens (tertiary/aromatic N) is 1. The molecule has 0 N–H and O–H groups in total. The quantitative estimate of drug-likeness (QED) is 0.740. The van der Waals surface area contributed by atoms with E-state index in [1.54, 1.807) is 19.4 Å². The summed E-state index contributed by atoms with van der Waals surface area (Å²) in [5.74, 6) is 0.828. The Morgan fingerprint density at radius 1 is 1.38 bits per heavy atom. The maximum atomic E-state index is 5.07. The minimum Gasteiger partial charge on any atom is -0.498 e. The third kappa shape index (κ3) is 2.07. The van der Waals surface area contributed by atoms with Crippen molar-refractivity contribution in [3.05, 3.63) is 36.5 Å². The fourth-order valence-electron chi connectivity index (χ4n) is 1.11. The van der Waals surface area contributed by atoms with E-state index in [9.17, 15) is 0 Å². The first-order chi connectivity index (χ1) is 5.90. The van der Waals surface area contributed by atoms with Crippen LogP contribution in [0.1, 0.15) is 0 Å². The molecule has 0 unspecified atom stereocenters. The standard InChI is InChI=1S/C10H8NO.W/c1-12-9-5-4-8-3-2-6-11-10(8)7-9;/h2,4-7H,1H3;/q-1;. The minimum absolute atomic E-state index is 0. The Hall–Kier alpha value is -0.882. The van der Waals surface area contributed by atoms with Gasteiger partial charge in [-0.05, 0) is 11.6 Å². The Bertz CT molecular complexity index is 403. The maximum Gasteiger partial charge on any atom is 0.102 e. The van der Waals surface area contributed by atoms with Gasteiger partial charge in [-0.15, -0.1) is 23.6 Å². The Morgan fingerprint density at radius 3 is 3.00 bits per heavy atom. The molecule has 3 heteroatoms. The van der Waals surface area contributed by atoms with Gasteiger partial charge in [0, 0.05) is 21.1 Å². The fourth-order valence-corrected chi connectivity index (χ4v) is 1.11. The number of aromatic nitrogens is 1. The molecule has 66 valence electrons. The third-order valence-corrected chi connectivity index (χ3v) is 1.73. The van der Waals surface area contributed by atoms with Crippen LogP contribution in [-0.2, 0) is 21.1 Å². The summed E-state index contributed by atoms with van der Waals surface area (Å²) in [7, 11) is 1.65. The van der Waals surface area contributed by atoms with Crippen molar-refractivity contribution in [2.75, 3.05) is 7.11 Å². The van der Waals surface area contributed by atoms with Crippen LogP contribution in [0.15, 0.2) is 30.5 Å². The molecule has 0 atom stereocenters. The second-order valence-electron chi connectivity index (χ2n) is 2.47. The van der Waals surface area contributed by atoms with Gasteiger partial charge in [0.15, 0.2) is 0 Å². The molecule has 1 heterocycles. The molecular formula is C10H8NOW-. The Morgan fingerprint density at radius 2 is 2.23 bits per heavy atom. The summed E-state index contributed by atoms with van der Waals surface area (Å²) in [6.07, 6.45) is 1.72. The van der Waals surface area contributed by atoms with Crippen LogP contribution in [0.2, 0.25) is 0 Å². The van der Waals surface area contributed by atoms with Gasteiger partial charge in [-0.3, -0.25) is 0 Å². The number of rotatable bonds is 1. The van der Waals surface area contributed by atoms with Gasteiger partial charge < -0.3 is 9.72 Å². The average molecular weight is 342 g/mol. The van der Waals surface area contributed by atoms with Gasteiger partial charge in [-0.25, -0.2) is 0 Å². The molecule has 1 aromatic heterocycles. The zero-order valence-corrected chi connectivity index (χ0v) is 10.1. The van der Waals surface area contributed by atoms with Crippen LogP contribution in [0, 0.1) is 6.07 Å². The van der Waals surface area contributed by atoms with E-state index in [0.717, 1.165) is 16.7 Å². The van der Waals surface area contributed by atoms with Crippen molar-refractivity contribution in [1.29, 1.82) is 0 Å². The number of methoxy groups -OCH3 is 1. The van der Waals surface area contributed by atoms with Crippen LogP contribution < -0.4 is 4.74 Å². The smallest absolute Gasteiger partial charge is 0.102 e. The number of pyridine rings is 1. The van der Waals surface area contributed by atoms with Gasteiger partial charge in [0.1, 0.15) is 5.75 Å². The number of hydrogen-bond acceptors (Lipinski definition) is 2. The van der Waals surface area contributed by atoms with E-state index in [0.29, 0.717) is 0 Å². The monoisotopic (exact) mass is 342 g/mol. The van der Waals surface area contributed by atoms with E-state index in [2.05, 4.69) is 11.1 Å². The first kappa shape index (κ1) is 10.2. The van der Waals surface area contributed by atoms with Crippen LogP contribution in [0.4, 0.5) is 0 Å². The van der Waals surface area contributed by atoms with E-state index in [-0.39, 0.29) is 21.1 Å². The molecule has 2 rings (SSSR count). The molecule has 0 fully saturated rings. The molecule has 2 aromatic rings. The van der Waals surface area contributed by atoms with Gasteiger partial charge in [0.05, 0.1) is 7.11 Å². The molecule has 0 amide bonds. The number of hydrogen-bond donors (Lipinski definition) is 0. The molecule has 0 saturated carbocycles. The van der Waals surface area contributed by atoms with E-state index >= 15 is 0 Å². The molecule has 13 heavy (non-hydrogen) atoms. The minimum atomic E-state index is 0. The molecule has 0 aliphatic carbocycles. The third-order valence-electron chi connectivity index (χ3n) is 1.73. The number of benzene rings is 1. The summed E-state index contributed by atoms with van der Waals surface area (Å²) >= 11 is 0. The summed E-state index contributed by atoms with van der Waals surface area (Å²) in [5.41, 5.74) is 0.914. The van der Waals surface area contributed by atoms with Crippen molar-refractivity contribution < 1.29 is 25.8 Å². The fraction of sp³-hybridized carbons (Fsp3) is 0.100. The Balaban J connectivity index is 0.000000845. The summed E-state index contributed by atoms with van der Waals surface area (Å²) in [6.45, 7) is 0. The summed E-state index contributed by atoms with van der Waals surface area (Å²) in [4.78, 5) is 4.18. The molecule has 1 aromatic carbocycles. The molecule has 0 radical (unpaired) electrons. The summed E-state index contributed by atoms with van der Waals surface area (Å²) < 4.78 is 5.07. The Labute approximate surface area is 91.2 Å². The average Bonchev–Trinajstić information content (AvgIpc) is 2.17. The van der Waals surface area contributed by atoms with Gasteiger partial charge in [-0.2, -0.15) is 0 Å². The van der Waals surface area contributed by atoms with Crippen LogP contribution >= 0.6 is 0 Å². The van der Waals surface area contributed by atoms with Gasteiger partial charge >= 0.3 is 0 Å². The predicted molar refractivity (Wildman–Crippen MR) is 47.1 cm³/mol. The second kappa shape index (κ2) is 4.38. The summed E-state index contributed by atoms with van der Waals surface area (Å²) in [6, 6.07) is 10.6. The van der Waals surface area contributed by atoms with Crippen molar-refractivity contribution in [2.24, 2.45) is 0 Å². The molecule has 0 saturated heterocycles. The molecule has 0 aliphatic rings. The number of ether oxygens (including phenoxy) is 1.